The van der Waals surface area contributed by atoms with Crippen molar-refractivity contribution in [3.8, 4) is 5.75 Å². The second kappa shape index (κ2) is 7.65. The summed E-state index contributed by atoms with van der Waals surface area (Å²) in [7, 11) is 1.77. The Kier molecular flexibility index (Phi) is 5.86. The molecule has 0 saturated heterocycles. The third-order valence-corrected chi connectivity index (χ3v) is 3.85. The second-order valence-corrected chi connectivity index (χ2v) is 5.74. The van der Waals surface area contributed by atoms with Crippen LogP contribution in [0, 0.1) is 6.92 Å². The number of aryl methyl sites for hydroxylation is 1. The molecule has 3 nitrogen and oxygen atoms in total. The number of hydrogen-bond acceptors (Lipinski definition) is 3. The van der Waals surface area contributed by atoms with Crippen molar-refractivity contribution in [2.75, 3.05) is 20.3 Å². The number of benzene rings is 1. The van der Waals surface area contributed by atoms with Gasteiger partial charge in [0.25, 0.3) is 0 Å². The van der Waals surface area contributed by atoms with Gasteiger partial charge in [-0.2, -0.15) is 0 Å². The van der Waals surface area contributed by atoms with E-state index >= 15 is 0 Å². The molecule has 2 rings (SSSR count). The zero-order chi connectivity index (χ0) is 14.4. The van der Waals surface area contributed by atoms with Gasteiger partial charge in [0, 0.05) is 19.6 Å². The van der Waals surface area contributed by atoms with Gasteiger partial charge in [-0.1, -0.05) is 24.6 Å². The fourth-order valence-electron chi connectivity index (χ4n) is 2.79. The molecule has 2 atom stereocenters. The highest BCUT2D eigenvalue weighted by Gasteiger charge is 2.23. The van der Waals surface area contributed by atoms with E-state index in [1.807, 2.05) is 0 Å². The minimum absolute atomic E-state index is 0.328. The van der Waals surface area contributed by atoms with Crippen molar-refractivity contribution in [3.63, 3.8) is 0 Å². The molecule has 1 aliphatic heterocycles. The average Bonchev–Trinajstić information content (AvgIpc) is 2.83. The van der Waals surface area contributed by atoms with E-state index in [1.54, 1.807) is 7.11 Å². The molecule has 1 aliphatic rings. The topological polar surface area (TPSA) is 30.5 Å². The monoisotopic (exact) mass is 277 g/mol. The Labute approximate surface area is 122 Å². The van der Waals surface area contributed by atoms with Crippen LogP contribution in [0.25, 0.3) is 0 Å². The largest absolute Gasteiger partial charge is 0.490 e. The third-order valence-electron chi connectivity index (χ3n) is 3.85. The Balaban J connectivity index is 1.80. The quantitative estimate of drug-likeness (QED) is 0.792. The van der Waals surface area contributed by atoms with Crippen LogP contribution >= 0.6 is 0 Å². The van der Waals surface area contributed by atoms with Crippen molar-refractivity contribution in [2.45, 2.75) is 51.7 Å². The van der Waals surface area contributed by atoms with Gasteiger partial charge in [0.15, 0.2) is 0 Å². The lowest BCUT2D eigenvalue weighted by atomic mass is 10.0. The molecule has 1 aromatic carbocycles. The van der Waals surface area contributed by atoms with Crippen LogP contribution in [0.15, 0.2) is 18.2 Å². The zero-order valence-electron chi connectivity index (χ0n) is 12.9. The van der Waals surface area contributed by atoms with Gasteiger partial charge in [-0.25, -0.2) is 0 Å². The molecular formula is C17H27NO2. The van der Waals surface area contributed by atoms with E-state index in [2.05, 4.69) is 37.4 Å². The Bertz CT molecular complexity index is 419. The minimum atomic E-state index is 0.328. The highest BCUT2D eigenvalue weighted by atomic mass is 16.5. The standard InChI is InChI=1S/C17H27NO2/c1-4-9-18-15(12-19-3)6-7-16-11-14-10-13(2)5-8-17(14)20-16/h5,8,10,15-16,18H,4,6-7,9,11-12H2,1-3H3. The SMILES string of the molecule is CCCNC(CCC1Cc2cc(C)ccc2O1)COC. The summed E-state index contributed by atoms with van der Waals surface area (Å²) in [4.78, 5) is 0. The number of hydrogen-bond donors (Lipinski definition) is 1. The summed E-state index contributed by atoms with van der Waals surface area (Å²) in [5.41, 5.74) is 2.68. The lowest BCUT2D eigenvalue weighted by Crippen LogP contribution is -2.35. The van der Waals surface area contributed by atoms with Gasteiger partial charge >= 0.3 is 0 Å². The molecule has 0 aromatic heterocycles. The first-order chi connectivity index (χ1) is 9.72. The van der Waals surface area contributed by atoms with Crippen LogP contribution in [-0.2, 0) is 11.2 Å². The lowest BCUT2D eigenvalue weighted by molar-refractivity contribution is 0.149. The molecule has 3 heteroatoms. The van der Waals surface area contributed by atoms with Gasteiger partial charge < -0.3 is 14.8 Å². The number of rotatable bonds is 8. The molecule has 0 saturated carbocycles. The van der Waals surface area contributed by atoms with E-state index < -0.39 is 0 Å². The molecule has 0 radical (unpaired) electrons. The van der Waals surface area contributed by atoms with Crippen LogP contribution in [0.5, 0.6) is 5.75 Å². The van der Waals surface area contributed by atoms with Crippen molar-refractivity contribution < 1.29 is 9.47 Å². The van der Waals surface area contributed by atoms with E-state index in [0.717, 1.165) is 44.6 Å². The maximum Gasteiger partial charge on any atom is 0.123 e. The van der Waals surface area contributed by atoms with Crippen LogP contribution in [0.4, 0.5) is 0 Å². The lowest BCUT2D eigenvalue weighted by Gasteiger charge is -2.19. The highest BCUT2D eigenvalue weighted by Crippen LogP contribution is 2.31. The fraction of sp³-hybridized carbons (Fsp3) is 0.647. The Morgan fingerprint density at radius 2 is 2.30 bits per heavy atom. The van der Waals surface area contributed by atoms with Gasteiger partial charge in [0.1, 0.15) is 11.9 Å². The molecule has 0 spiro atoms. The normalized spacial score (nSPS) is 18.6. The van der Waals surface area contributed by atoms with E-state index in [-0.39, 0.29) is 0 Å². The minimum Gasteiger partial charge on any atom is -0.490 e. The van der Waals surface area contributed by atoms with Crippen LogP contribution in [0.3, 0.4) is 0 Å². The van der Waals surface area contributed by atoms with Crippen molar-refractivity contribution in [1.29, 1.82) is 0 Å². The molecule has 0 fully saturated rings. The Morgan fingerprint density at radius 1 is 1.45 bits per heavy atom. The maximum atomic E-state index is 6.03. The number of methoxy groups -OCH3 is 1. The summed E-state index contributed by atoms with van der Waals surface area (Å²) in [6, 6.07) is 6.91. The first-order valence-corrected chi connectivity index (χ1v) is 7.71. The molecule has 0 aliphatic carbocycles. The predicted octanol–water partition coefficient (Wildman–Crippen LogP) is 3.09. The molecule has 1 aromatic rings. The van der Waals surface area contributed by atoms with Gasteiger partial charge in [-0.05, 0) is 44.4 Å². The van der Waals surface area contributed by atoms with Gasteiger partial charge in [0.05, 0.1) is 6.61 Å². The van der Waals surface area contributed by atoms with Gasteiger partial charge in [-0.15, -0.1) is 0 Å². The number of fused-ring (bicyclic) bond motifs is 1. The number of ether oxygens (including phenoxy) is 2. The van der Waals surface area contributed by atoms with Crippen molar-refractivity contribution in [2.24, 2.45) is 0 Å². The third kappa shape index (κ3) is 4.22. The van der Waals surface area contributed by atoms with Crippen LogP contribution in [-0.4, -0.2) is 32.4 Å². The molecule has 2 unspecified atom stereocenters. The molecule has 112 valence electrons. The van der Waals surface area contributed by atoms with Crippen LogP contribution in [0.2, 0.25) is 0 Å². The zero-order valence-corrected chi connectivity index (χ0v) is 12.9. The Morgan fingerprint density at radius 3 is 3.05 bits per heavy atom. The molecule has 1 heterocycles. The Hall–Kier alpha value is -1.06. The van der Waals surface area contributed by atoms with Crippen molar-refractivity contribution >= 4 is 0 Å². The predicted molar refractivity (Wildman–Crippen MR) is 82.5 cm³/mol. The van der Waals surface area contributed by atoms with Crippen molar-refractivity contribution in [1.82, 2.24) is 5.32 Å². The smallest absolute Gasteiger partial charge is 0.123 e. The second-order valence-electron chi connectivity index (χ2n) is 5.74. The molecule has 20 heavy (non-hydrogen) atoms. The summed E-state index contributed by atoms with van der Waals surface area (Å²) in [6.45, 7) is 6.16. The summed E-state index contributed by atoms with van der Waals surface area (Å²) in [6.07, 6.45) is 4.72. The molecular weight excluding hydrogens is 250 g/mol. The summed E-state index contributed by atoms with van der Waals surface area (Å²) in [5.74, 6) is 1.07. The van der Waals surface area contributed by atoms with Crippen LogP contribution < -0.4 is 10.1 Å². The maximum absolute atomic E-state index is 6.03. The molecule has 0 bridgehead atoms. The van der Waals surface area contributed by atoms with E-state index in [9.17, 15) is 0 Å². The average molecular weight is 277 g/mol. The highest BCUT2D eigenvalue weighted by molar-refractivity contribution is 5.40. The van der Waals surface area contributed by atoms with E-state index in [4.69, 9.17) is 9.47 Å². The summed E-state index contributed by atoms with van der Waals surface area (Å²) >= 11 is 0. The van der Waals surface area contributed by atoms with Gasteiger partial charge in [0.2, 0.25) is 0 Å². The summed E-state index contributed by atoms with van der Waals surface area (Å²) in [5, 5.41) is 3.54. The fourth-order valence-corrected chi connectivity index (χ4v) is 2.79. The number of nitrogens with one attached hydrogen (secondary N) is 1. The molecule has 1 N–H and O–H groups in total. The molecule has 0 amide bonds. The summed E-state index contributed by atoms with van der Waals surface area (Å²) < 4.78 is 11.3. The van der Waals surface area contributed by atoms with E-state index in [0.29, 0.717) is 12.1 Å². The van der Waals surface area contributed by atoms with Crippen LogP contribution in [0.1, 0.15) is 37.3 Å². The van der Waals surface area contributed by atoms with Crippen molar-refractivity contribution in [3.05, 3.63) is 29.3 Å². The first kappa shape index (κ1) is 15.3. The first-order valence-electron chi connectivity index (χ1n) is 7.71. The van der Waals surface area contributed by atoms with E-state index in [1.165, 1.54) is 11.1 Å². The van der Waals surface area contributed by atoms with Gasteiger partial charge in [-0.3, -0.25) is 0 Å².